The van der Waals surface area contributed by atoms with Crippen LogP contribution in [0.4, 0.5) is 0 Å². The first-order valence-electron chi connectivity index (χ1n) is 5.78. The van der Waals surface area contributed by atoms with Crippen molar-refractivity contribution in [3.05, 3.63) is 11.6 Å². The second kappa shape index (κ2) is 5.26. The van der Waals surface area contributed by atoms with Crippen LogP contribution in [0.2, 0.25) is 0 Å². The van der Waals surface area contributed by atoms with Gasteiger partial charge in [-0.2, -0.15) is 5.10 Å². The number of hydrogen-bond donors (Lipinski definition) is 1. The Labute approximate surface area is 91.9 Å². The summed E-state index contributed by atoms with van der Waals surface area (Å²) in [5.41, 5.74) is 5.80. The van der Waals surface area contributed by atoms with Gasteiger partial charge in [0.15, 0.2) is 5.82 Å². The fourth-order valence-electron chi connectivity index (χ4n) is 1.79. The highest BCUT2D eigenvalue weighted by atomic mass is 15.4. The fourth-order valence-corrected chi connectivity index (χ4v) is 1.79. The molecule has 2 unspecified atom stereocenters. The van der Waals surface area contributed by atoms with Crippen LogP contribution in [0.3, 0.4) is 0 Å². The lowest BCUT2D eigenvalue weighted by Crippen LogP contribution is -2.22. The Morgan fingerprint density at radius 1 is 1.27 bits per heavy atom. The van der Waals surface area contributed by atoms with E-state index < -0.39 is 0 Å². The molecule has 0 saturated heterocycles. The van der Waals surface area contributed by atoms with Crippen LogP contribution < -0.4 is 5.73 Å². The van der Waals surface area contributed by atoms with Crippen molar-refractivity contribution in [2.45, 2.75) is 59.0 Å². The maximum absolute atomic E-state index is 5.80. The number of aryl methyl sites for hydroxylation is 2. The normalized spacial score (nSPS) is 15.3. The highest BCUT2D eigenvalue weighted by Crippen LogP contribution is 2.14. The number of hydrogen-bond acceptors (Lipinski definition) is 3. The molecule has 4 heteroatoms. The molecule has 1 aromatic rings. The largest absolute Gasteiger partial charge is 0.328 e. The van der Waals surface area contributed by atoms with Crippen LogP contribution in [0.5, 0.6) is 0 Å². The van der Waals surface area contributed by atoms with Gasteiger partial charge in [0.05, 0.1) is 6.04 Å². The molecule has 2 N–H and O–H groups in total. The van der Waals surface area contributed by atoms with Crippen LogP contribution in [-0.4, -0.2) is 20.8 Å². The summed E-state index contributed by atoms with van der Waals surface area (Å²) in [7, 11) is 0. The first-order chi connectivity index (χ1) is 7.08. The molecule has 1 rings (SSSR count). The standard InChI is InChI=1S/C11H22N4/c1-5-10-13-11(6-2)15(14-10)9(4)7-8(3)12/h8-9H,5-7,12H2,1-4H3. The minimum Gasteiger partial charge on any atom is -0.328 e. The summed E-state index contributed by atoms with van der Waals surface area (Å²) >= 11 is 0. The van der Waals surface area contributed by atoms with E-state index in [0.717, 1.165) is 30.9 Å². The third kappa shape index (κ3) is 3.02. The van der Waals surface area contributed by atoms with Gasteiger partial charge in [-0.15, -0.1) is 0 Å². The van der Waals surface area contributed by atoms with E-state index in [2.05, 4.69) is 30.9 Å². The quantitative estimate of drug-likeness (QED) is 0.804. The first kappa shape index (κ1) is 12.2. The summed E-state index contributed by atoms with van der Waals surface area (Å²) in [6.45, 7) is 8.37. The maximum Gasteiger partial charge on any atom is 0.150 e. The van der Waals surface area contributed by atoms with Gasteiger partial charge in [-0.25, -0.2) is 9.67 Å². The van der Waals surface area contributed by atoms with E-state index in [4.69, 9.17) is 5.73 Å². The zero-order valence-electron chi connectivity index (χ0n) is 10.2. The second-order valence-electron chi connectivity index (χ2n) is 4.16. The average molecular weight is 210 g/mol. The number of rotatable bonds is 5. The lowest BCUT2D eigenvalue weighted by Gasteiger charge is -2.15. The van der Waals surface area contributed by atoms with Crippen molar-refractivity contribution in [2.24, 2.45) is 5.73 Å². The van der Waals surface area contributed by atoms with Crippen LogP contribution in [0, 0.1) is 0 Å². The Kier molecular flexibility index (Phi) is 4.27. The molecule has 0 aliphatic rings. The number of aromatic nitrogens is 3. The number of nitrogens with two attached hydrogens (primary N) is 1. The van der Waals surface area contributed by atoms with E-state index >= 15 is 0 Å². The van der Waals surface area contributed by atoms with Crippen LogP contribution in [0.1, 0.15) is 51.8 Å². The van der Waals surface area contributed by atoms with Crippen molar-refractivity contribution < 1.29 is 0 Å². The van der Waals surface area contributed by atoms with Gasteiger partial charge in [0.25, 0.3) is 0 Å². The topological polar surface area (TPSA) is 56.7 Å². The molecule has 1 aromatic heterocycles. The van der Waals surface area contributed by atoms with Gasteiger partial charge in [-0.1, -0.05) is 13.8 Å². The van der Waals surface area contributed by atoms with Crippen molar-refractivity contribution in [1.29, 1.82) is 0 Å². The summed E-state index contributed by atoms with van der Waals surface area (Å²) in [6.07, 6.45) is 2.76. The van der Waals surface area contributed by atoms with Gasteiger partial charge < -0.3 is 5.73 Å². The van der Waals surface area contributed by atoms with Crippen molar-refractivity contribution in [3.8, 4) is 0 Å². The molecule has 0 fully saturated rings. The molecular formula is C11H22N4. The molecule has 0 aliphatic carbocycles. The summed E-state index contributed by atoms with van der Waals surface area (Å²) < 4.78 is 2.03. The SMILES string of the molecule is CCc1nc(CC)n(C(C)CC(C)N)n1. The van der Waals surface area contributed by atoms with E-state index in [1.54, 1.807) is 0 Å². The van der Waals surface area contributed by atoms with Crippen molar-refractivity contribution >= 4 is 0 Å². The lowest BCUT2D eigenvalue weighted by molar-refractivity contribution is 0.413. The van der Waals surface area contributed by atoms with Crippen LogP contribution >= 0.6 is 0 Å². The van der Waals surface area contributed by atoms with E-state index in [0.29, 0.717) is 6.04 Å². The monoisotopic (exact) mass is 210 g/mol. The lowest BCUT2D eigenvalue weighted by atomic mass is 10.1. The van der Waals surface area contributed by atoms with Crippen LogP contribution in [0.15, 0.2) is 0 Å². The van der Waals surface area contributed by atoms with Crippen molar-refractivity contribution in [3.63, 3.8) is 0 Å². The highest BCUT2D eigenvalue weighted by molar-refractivity contribution is 4.94. The van der Waals surface area contributed by atoms with Crippen LogP contribution in [0.25, 0.3) is 0 Å². The van der Waals surface area contributed by atoms with E-state index in [1.807, 2.05) is 11.6 Å². The van der Waals surface area contributed by atoms with Gasteiger partial charge in [0, 0.05) is 18.9 Å². The Morgan fingerprint density at radius 2 is 1.93 bits per heavy atom. The Bertz CT molecular complexity index is 304. The molecule has 0 aliphatic heterocycles. The van der Waals surface area contributed by atoms with Gasteiger partial charge in [-0.05, 0) is 20.3 Å². The molecule has 0 aromatic carbocycles. The zero-order valence-corrected chi connectivity index (χ0v) is 10.2. The predicted octanol–water partition coefficient (Wildman–Crippen LogP) is 1.70. The van der Waals surface area contributed by atoms with Crippen LogP contribution in [-0.2, 0) is 12.8 Å². The van der Waals surface area contributed by atoms with E-state index in [9.17, 15) is 0 Å². The second-order valence-corrected chi connectivity index (χ2v) is 4.16. The molecule has 0 amide bonds. The summed E-state index contributed by atoms with van der Waals surface area (Å²) in [6, 6.07) is 0.548. The zero-order chi connectivity index (χ0) is 11.4. The van der Waals surface area contributed by atoms with E-state index in [1.165, 1.54) is 0 Å². The first-order valence-corrected chi connectivity index (χ1v) is 5.78. The summed E-state index contributed by atoms with van der Waals surface area (Å²) in [5.74, 6) is 2.00. The molecule has 0 radical (unpaired) electrons. The minimum absolute atomic E-state index is 0.207. The average Bonchev–Trinajstić information content (AvgIpc) is 2.59. The predicted molar refractivity (Wildman–Crippen MR) is 61.8 cm³/mol. The fraction of sp³-hybridized carbons (Fsp3) is 0.818. The smallest absolute Gasteiger partial charge is 0.150 e. The molecule has 86 valence electrons. The number of nitrogens with zero attached hydrogens (tertiary/aromatic N) is 3. The Morgan fingerprint density at radius 3 is 2.40 bits per heavy atom. The molecular weight excluding hydrogens is 188 g/mol. The maximum atomic E-state index is 5.80. The van der Waals surface area contributed by atoms with Gasteiger partial charge >= 0.3 is 0 Å². The molecule has 0 bridgehead atoms. The van der Waals surface area contributed by atoms with Gasteiger partial charge in [-0.3, -0.25) is 0 Å². The Balaban J connectivity index is 2.86. The molecule has 2 atom stereocenters. The third-order valence-electron chi connectivity index (χ3n) is 2.51. The highest BCUT2D eigenvalue weighted by Gasteiger charge is 2.14. The van der Waals surface area contributed by atoms with Crippen molar-refractivity contribution in [1.82, 2.24) is 14.8 Å². The Hall–Kier alpha value is -0.900. The third-order valence-corrected chi connectivity index (χ3v) is 2.51. The summed E-state index contributed by atoms with van der Waals surface area (Å²) in [4.78, 5) is 4.49. The summed E-state index contributed by atoms with van der Waals surface area (Å²) in [5, 5.41) is 4.50. The van der Waals surface area contributed by atoms with E-state index in [-0.39, 0.29) is 6.04 Å². The minimum atomic E-state index is 0.207. The molecule has 0 spiro atoms. The van der Waals surface area contributed by atoms with Crippen molar-refractivity contribution in [2.75, 3.05) is 0 Å². The van der Waals surface area contributed by atoms with Gasteiger partial charge in [0.1, 0.15) is 5.82 Å². The molecule has 4 nitrogen and oxygen atoms in total. The molecule has 1 heterocycles. The molecule has 15 heavy (non-hydrogen) atoms. The van der Waals surface area contributed by atoms with Gasteiger partial charge in [0.2, 0.25) is 0 Å². The molecule has 0 saturated carbocycles.